The molecule has 2 aliphatic rings. The Morgan fingerprint density at radius 3 is 2.67 bits per heavy atom. The number of fused-ring (bicyclic) bond motifs is 1. The van der Waals surface area contributed by atoms with Gasteiger partial charge in [-0.1, -0.05) is 18.2 Å². The molecule has 1 saturated heterocycles. The molecule has 0 spiro atoms. The number of hydrogen-bond acceptors (Lipinski definition) is 5. The van der Waals surface area contributed by atoms with E-state index in [9.17, 15) is 4.79 Å². The molecule has 2 aromatic rings. The van der Waals surface area contributed by atoms with Gasteiger partial charge < -0.3 is 9.64 Å². The van der Waals surface area contributed by atoms with Gasteiger partial charge in [0.15, 0.2) is 0 Å². The summed E-state index contributed by atoms with van der Waals surface area (Å²) in [6, 6.07) is 12.6. The lowest BCUT2D eigenvalue weighted by atomic mass is 10.2. The second-order valence-corrected chi connectivity index (χ2v) is 6.49. The first-order chi connectivity index (χ1) is 11.7. The number of nitrogens with zero attached hydrogens (tertiary/aromatic N) is 4. The third kappa shape index (κ3) is 3.01. The molecule has 6 heteroatoms. The molecule has 0 saturated carbocycles. The summed E-state index contributed by atoms with van der Waals surface area (Å²) in [7, 11) is 0. The quantitative estimate of drug-likeness (QED) is 0.846. The fourth-order valence-electron chi connectivity index (χ4n) is 3.51. The topological polar surface area (TPSA) is 50.6 Å². The fraction of sp³-hybridized carbons (Fsp3) is 0.444. The number of anilines is 1. The monoisotopic (exact) mass is 326 g/mol. The maximum Gasteiger partial charge on any atom is 0.300 e. The number of ether oxygens (including phenoxy) is 1. The highest BCUT2D eigenvalue weighted by molar-refractivity contribution is 5.46. The van der Waals surface area contributed by atoms with Crippen LogP contribution in [-0.4, -0.2) is 53.3 Å². The van der Waals surface area contributed by atoms with Gasteiger partial charge in [0.05, 0.1) is 6.54 Å². The van der Waals surface area contributed by atoms with Crippen LogP contribution in [-0.2, 0) is 6.54 Å². The van der Waals surface area contributed by atoms with E-state index in [1.54, 1.807) is 6.07 Å². The van der Waals surface area contributed by atoms with Crippen LogP contribution in [0, 0.1) is 6.92 Å². The summed E-state index contributed by atoms with van der Waals surface area (Å²) in [5.41, 5.74) is 1.98. The summed E-state index contributed by atoms with van der Waals surface area (Å²) in [5, 5.41) is 0. The zero-order valence-electron chi connectivity index (χ0n) is 13.9. The van der Waals surface area contributed by atoms with Gasteiger partial charge in [-0.15, -0.1) is 0 Å². The minimum atomic E-state index is -0.226. The van der Waals surface area contributed by atoms with Crippen LogP contribution in [0.25, 0.3) is 0 Å². The van der Waals surface area contributed by atoms with Crippen LogP contribution in [0.3, 0.4) is 0 Å². The van der Waals surface area contributed by atoms with E-state index in [4.69, 9.17) is 4.74 Å². The van der Waals surface area contributed by atoms with E-state index in [-0.39, 0.29) is 11.7 Å². The van der Waals surface area contributed by atoms with Gasteiger partial charge in [0.25, 0.3) is 11.6 Å². The third-order valence-electron chi connectivity index (χ3n) is 4.81. The number of piperazine rings is 1. The predicted molar refractivity (Wildman–Crippen MR) is 92.7 cm³/mol. The highest BCUT2D eigenvalue weighted by Gasteiger charge is 2.28. The second-order valence-electron chi connectivity index (χ2n) is 6.49. The summed E-state index contributed by atoms with van der Waals surface area (Å²) in [5.74, 6) is 0. The zero-order valence-corrected chi connectivity index (χ0v) is 13.9. The van der Waals surface area contributed by atoms with E-state index in [1.165, 1.54) is 5.69 Å². The van der Waals surface area contributed by atoms with E-state index in [0.717, 1.165) is 45.0 Å². The van der Waals surface area contributed by atoms with Gasteiger partial charge in [0.1, 0.15) is 6.10 Å². The van der Waals surface area contributed by atoms with E-state index in [1.807, 2.05) is 11.5 Å². The minimum absolute atomic E-state index is 0.0706. The average Bonchev–Trinajstić information content (AvgIpc) is 2.99. The highest BCUT2D eigenvalue weighted by Crippen LogP contribution is 2.21. The van der Waals surface area contributed by atoms with Gasteiger partial charge in [-0.05, 0) is 19.1 Å². The Bertz CT molecular complexity index is 766. The SMILES string of the molecule is Cc1cc(=O)nc2n1CC(CN1CCN(c3ccccc3)CC1)O2. The molecule has 0 aliphatic carbocycles. The smallest absolute Gasteiger partial charge is 0.300 e. The van der Waals surface area contributed by atoms with Crippen molar-refractivity contribution < 1.29 is 4.74 Å². The molecule has 126 valence electrons. The van der Waals surface area contributed by atoms with Crippen molar-refractivity contribution in [2.75, 3.05) is 37.6 Å². The predicted octanol–water partition coefficient (Wildman–Crippen LogP) is 1.13. The van der Waals surface area contributed by atoms with Gasteiger partial charge in [0.2, 0.25) is 0 Å². The first kappa shape index (κ1) is 15.2. The van der Waals surface area contributed by atoms with Crippen molar-refractivity contribution in [3.63, 3.8) is 0 Å². The van der Waals surface area contributed by atoms with Crippen LogP contribution in [0.5, 0.6) is 6.01 Å². The maximum absolute atomic E-state index is 11.5. The Kier molecular flexibility index (Phi) is 3.98. The van der Waals surface area contributed by atoms with Crippen LogP contribution >= 0.6 is 0 Å². The van der Waals surface area contributed by atoms with E-state index in [2.05, 4.69) is 45.1 Å². The molecule has 1 unspecified atom stereocenters. The lowest BCUT2D eigenvalue weighted by molar-refractivity contribution is 0.141. The van der Waals surface area contributed by atoms with Crippen molar-refractivity contribution in [1.82, 2.24) is 14.5 Å². The molecule has 0 bridgehead atoms. The van der Waals surface area contributed by atoms with Crippen molar-refractivity contribution in [3.05, 3.63) is 52.4 Å². The molecule has 0 amide bonds. The number of para-hydroxylation sites is 1. The van der Waals surface area contributed by atoms with Crippen LogP contribution < -0.4 is 15.2 Å². The third-order valence-corrected chi connectivity index (χ3v) is 4.81. The van der Waals surface area contributed by atoms with Gasteiger partial charge in [-0.2, -0.15) is 4.98 Å². The molecule has 0 N–H and O–H groups in total. The molecule has 2 aliphatic heterocycles. The molecule has 6 nitrogen and oxygen atoms in total. The Labute approximate surface area is 141 Å². The van der Waals surface area contributed by atoms with Crippen molar-refractivity contribution >= 4 is 5.69 Å². The first-order valence-corrected chi connectivity index (χ1v) is 8.46. The number of hydrogen-bond donors (Lipinski definition) is 0. The molecular formula is C18H22N4O2. The van der Waals surface area contributed by atoms with Gasteiger partial charge >= 0.3 is 0 Å². The van der Waals surface area contributed by atoms with E-state index < -0.39 is 0 Å². The van der Waals surface area contributed by atoms with Gasteiger partial charge in [0, 0.05) is 50.2 Å². The first-order valence-electron chi connectivity index (χ1n) is 8.46. The lowest BCUT2D eigenvalue weighted by Crippen LogP contribution is -2.49. The molecule has 24 heavy (non-hydrogen) atoms. The normalized spacial score (nSPS) is 20.7. The zero-order chi connectivity index (χ0) is 16.5. The van der Waals surface area contributed by atoms with Crippen LogP contribution in [0.4, 0.5) is 5.69 Å². The summed E-state index contributed by atoms with van der Waals surface area (Å²) < 4.78 is 7.87. The van der Waals surface area contributed by atoms with Crippen molar-refractivity contribution in [1.29, 1.82) is 0 Å². The Hall–Kier alpha value is -2.34. The number of benzene rings is 1. The van der Waals surface area contributed by atoms with Crippen molar-refractivity contribution in [3.8, 4) is 6.01 Å². The van der Waals surface area contributed by atoms with Gasteiger partial charge in [-0.3, -0.25) is 14.3 Å². The Morgan fingerprint density at radius 1 is 1.17 bits per heavy atom. The average molecular weight is 326 g/mol. The summed E-state index contributed by atoms with van der Waals surface area (Å²) in [6.45, 7) is 7.67. The maximum atomic E-state index is 11.5. The molecule has 1 aromatic carbocycles. The molecular weight excluding hydrogens is 304 g/mol. The van der Waals surface area contributed by atoms with E-state index >= 15 is 0 Å². The number of aromatic nitrogens is 2. The molecule has 3 heterocycles. The molecule has 1 aromatic heterocycles. The Balaban J connectivity index is 1.34. The molecule has 4 rings (SSSR count). The van der Waals surface area contributed by atoms with Crippen LogP contribution in [0.1, 0.15) is 5.69 Å². The number of rotatable bonds is 3. The van der Waals surface area contributed by atoms with Crippen molar-refractivity contribution in [2.24, 2.45) is 0 Å². The largest absolute Gasteiger partial charge is 0.458 e. The summed E-state index contributed by atoms with van der Waals surface area (Å²) in [4.78, 5) is 20.3. The van der Waals surface area contributed by atoms with Crippen molar-refractivity contribution in [2.45, 2.75) is 19.6 Å². The number of aryl methyl sites for hydroxylation is 1. The summed E-state index contributed by atoms with van der Waals surface area (Å²) in [6.07, 6.45) is 0.0706. The van der Waals surface area contributed by atoms with Crippen LogP contribution in [0.2, 0.25) is 0 Å². The second kappa shape index (κ2) is 6.28. The summed E-state index contributed by atoms with van der Waals surface area (Å²) >= 11 is 0. The van der Waals surface area contributed by atoms with E-state index in [0.29, 0.717) is 6.01 Å². The fourth-order valence-corrected chi connectivity index (χ4v) is 3.51. The molecule has 1 atom stereocenters. The minimum Gasteiger partial charge on any atom is -0.458 e. The molecule has 1 fully saturated rings. The van der Waals surface area contributed by atoms with Crippen LogP contribution in [0.15, 0.2) is 41.2 Å². The molecule has 0 radical (unpaired) electrons. The Morgan fingerprint density at radius 2 is 1.92 bits per heavy atom. The van der Waals surface area contributed by atoms with Gasteiger partial charge in [-0.25, -0.2) is 0 Å². The standard InChI is InChI=1S/C18H22N4O2/c1-14-11-17(23)19-18-22(14)13-16(24-18)12-20-7-9-21(10-8-20)15-5-3-2-4-6-15/h2-6,11,16H,7-10,12-13H2,1H3. The highest BCUT2D eigenvalue weighted by atomic mass is 16.5. The lowest BCUT2D eigenvalue weighted by Gasteiger charge is -2.36.